The molecule has 2 rings (SSSR count). The first-order valence-corrected chi connectivity index (χ1v) is 10.0. The fraction of sp³-hybridized carbons (Fsp3) is 0.316. The molecule has 0 spiro atoms. The van der Waals surface area contributed by atoms with Crippen LogP contribution in [-0.4, -0.2) is 26.6 Å². The molecule has 0 saturated heterocycles. The zero-order valence-electron chi connectivity index (χ0n) is 15.0. The Morgan fingerprint density at radius 2 is 1.72 bits per heavy atom. The lowest BCUT2D eigenvalue weighted by Crippen LogP contribution is -2.47. The molecule has 5 nitrogen and oxygen atoms in total. The first-order valence-electron chi connectivity index (χ1n) is 8.17. The van der Waals surface area contributed by atoms with E-state index in [1.54, 1.807) is 37.3 Å². The lowest BCUT2D eigenvalue weighted by Gasteiger charge is -2.30. The van der Waals surface area contributed by atoms with Gasteiger partial charge in [0.1, 0.15) is 6.04 Å². The number of amides is 1. The highest BCUT2D eigenvalue weighted by Crippen LogP contribution is 2.24. The van der Waals surface area contributed by atoms with E-state index >= 15 is 0 Å². The standard InChI is InChI=1S/C19H24N2O3S/c1-5-18(19(22)20-17-13-9-10-14(2)15(17)3)21(25(4,23)24)16-11-7-6-8-12-16/h6-13,18H,5H2,1-4H3,(H,20,22)/t18-/m0/s1. The molecular formula is C19H24N2O3S. The van der Waals surface area contributed by atoms with E-state index in [0.29, 0.717) is 17.8 Å². The van der Waals surface area contributed by atoms with E-state index in [2.05, 4.69) is 5.32 Å². The predicted octanol–water partition coefficient (Wildman–Crippen LogP) is 3.49. The summed E-state index contributed by atoms with van der Waals surface area (Å²) in [7, 11) is -3.61. The van der Waals surface area contributed by atoms with E-state index in [1.807, 2.05) is 32.0 Å². The minimum atomic E-state index is -3.61. The van der Waals surface area contributed by atoms with E-state index < -0.39 is 16.1 Å². The van der Waals surface area contributed by atoms with Gasteiger partial charge in [0.2, 0.25) is 15.9 Å². The van der Waals surface area contributed by atoms with Gasteiger partial charge in [-0.25, -0.2) is 8.42 Å². The fourth-order valence-electron chi connectivity index (χ4n) is 2.74. The number of anilines is 2. The molecule has 0 aliphatic rings. The molecule has 0 heterocycles. The summed E-state index contributed by atoms with van der Waals surface area (Å²) in [6.07, 6.45) is 1.48. The summed E-state index contributed by atoms with van der Waals surface area (Å²) in [6, 6.07) is 13.5. The summed E-state index contributed by atoms with van der Waals surface area (Å²) in [5, 5.41) is 2.88. The number of hydrogen-bond donors (Lipinski definition) is 1. The number of para-hydroxylation sites is 1. The van der Waals surface area contributed by atoms with Crippen LogP contribution < -0.4 is 9.62 Å². The topological polar surface area (TPSA) is 66.5 Å². The molecule has 25 heavy (non-hydrogen) atoms. The van der Waals surface area contributed by atoms with Crippen molar-refractivity contribution >= 4 is 27.3 Å². The Hall–Kier alpha value is -2.34. The third-order valence-corrected chi connectivity index (χ3v) is 5.38. The molecule has 1 atom stereocenters. The van der Waals surface area contributed by atoms with Crippen LogP contribution in [0.3, 0.4) is 0 Å². The summed E-state index contributed by atoms with van der Waals surface area (Å²) in [6.45, 7) is 5.70. The molecule has 2 aromatic rings. The van der Waals surface area contributed by atoms with Gasteiger partial charge in [0, 0.05) is 5.69 Å². The lowest BCUT2D eigenvalue weighted by atomic mass is 10.1. The molecule has 0 radical (unpaired) electrons. The van der Waals surface area contributed by atoms with Crippen molar-refractivity contribution in [3.8, 4) is 0 Å². The molecule has 0 aromatic heterocycles. The van der Waals surface area contributed by atoms with Crippen molar-refractivity contribution in [2.24, 2.45) is 0 Å². The van der Waals surface area contributed by atoms with Gasteiger partial charge in [-0.3, -0.25) is 9.10 Å². The zero-order valence-corrected chi connectivity index (χ0v) is 15.8. The summed E-state index contributed by atoms with van der Waals surface area (Å²) >= 11 is 0. The van der Waals surface area contributed by atoms with Crippen LogP contribution in [0.1, 0.15) is 24.5 Å². The van der Waals surface area contributed by atoms with Crippen LogP contribution in [-0.2, 0) is 14.8 Å². The van der Waals surface area contributed by atoms with Crippen LogP contribution in [0.25, 0.3) is 0 Å². The maximum absolute atomic E-state index is 12.9. The predicted molar refractivity (Wildman–Crippen MR) is 102 cm³/mol. The van der Waals surface area contributed by atoms with Crippen molar-refractivity contribution in [3.05, 3.63) is 59.7 Å². The summed E-state index contributed by atoms with van der Waals surface area (Å²) in [4.78, 5) is 12.9. The number of carbonyl (C=O) groups is 1. The Balaban J connectivity index is 2.38. The van der Waals surface area contributed by atoms with Gasteiger partial charge in [0.25, 0.3) is 0 Å². The summed E-state index contributed by atoms with van der Waals surface area (Å²) < 4.78 is 25.9. The second-order valence-corrected chi connectivity index (χ2v) is 7.91. The van der Waals surface area contributed by atoms with E-state index in [4.69, 9.17) is 0 Å². The average molecular weight is 360 g/mol. The van der Waals surface area contributed by atoms with Crippen LogP contribution >= 0.6 is 0 Å². The number of nitrogens with zero attached hydrogens (tertiary/aromatic N) is 1. The number of nitrogens with one attached hydrogen (secondary N) is 1. The Labute approximate surface area is 149 Å². The average Bonchev–Trinajstić information content (AvgIpc) is 2.56. The van der Waals surface area contributed by atoms with E-state index in [1.165, 1.54) is 4.31 Å². The van der Waals surface area contributed by atoms with Gasteiger partial charge in [-0.2, -0.15) is 0 Å². The van der Waals surface area contributed by atoms with Gasteiger partial charge in [-0.05, 0) is 49.6 Å². The highest BCUT2D eigenvalue weighted by molar-refractivity contribution is 7.92. The number of carbonyl (C=O) groups excluding carboxylic acids is 1. The molecule has 0 aliphatic carbocycles. The number of benzene rings is 2. The van der Waals surface area contributed by atoms with E-state index in [-0.39, 0.29) is 5.91 Å². The molecular weight excluding hydrogens is 336 g/mol. The summed E-state index contributed by atoms with van der Waals surface area (Å²) in [5.74, 6) is -0.342. The Bertz CT molecular complexity index is 848. The number of rotatable bonds is 6. The van der Waals surface area contributed by atoms with Gasteiger partial charge >= 0.3 is 0 Å². The first kappa shape index (κ1) is 19.0. The molecule has 1 amide bonds. The van der Waals surface area contributed by atoms with Gasteiger partial charge in [-0.15, -0.1) is 0 Å². The number of sulfonamides is 1. The maximum atomic E-state index is 12.9. The van der Waals surface area contributed by atoms with Crippen LogP contribution in [0.2, 0.25) is 0 Å². The van der Waals surface area contributed by atoms with Crippen molar-refractivity contribution in [2.45, 2.75) is 33.2 Å². The Morgan fingerprint density at radius 3 is 2.28 bits per heavy atom. The smallest absolute Gasteiger partial charge is 0.248 e. The van der Waals surface area contributed by atoms with Crippen molar-refractivity contribution in [1.82, 2.24) is 0 Å². The zero-order chi connectivity index (χ0) is 18.6. The third-order valence-electron chi connectivity index (χ3n) is 4.20. The van der Waals surface area contributed by atoms with Crippen molar-refractivity contribution in [2.75, 3.05) is 15.9 Å². The second kappa shape index (κ2) is 7.70. The third kappa shape index (κ3) is 4.39. The molecule has 0 fully saturated rings. The van der Waals surface area contributed by atoms with Gasteiger partial charge < -0.3 is 5.32 Å². The monoisotopic (exact) mass is 360 g/mol. The van der Waals surface area contributed by atoms with Gasteiger partial charge in [0.15, 0.2) is 0 Å². The van der Waals surface area contributed by atoms with E-state index in [0.717, 1.165) is 17.4 Å². The minimum Gasteiger partial charge on any atom is -0.324 e. The number of aryl methyl sites for hydroxylation is 1. The van der Waals surface area contributed by atoms with Crippen molar-refractivity contribution < 1.29 is 13.2 Å². The SMILES string of the molecule is CC[C@@H](C(=O)Nc1cccc(C)c1C)N(c1ccccc1)S(C)(=O)=O. The van der Waals surface area contributed by atoms with Crippen LogP contribution in [0.15, 0.2) is 48.5 Å². The van der Waals surface area contributed by atoms with Crippen LogP contribution in [0, 0.1) is 13.8 Å². The van der Waals surface area contributed by atoms with Gasteiger partial charge in [0.05, 0.1) is 11.9 Å². The minimum absolute atomic E-state index is 0.342. The first-order chi connectivity index (χ1) is 11.8. The molecule has 0 saturated carbocycles. The largest absolute Gasteiger partial charge is 0.324 e. The maximum Gasteiger partial charge on any atom is 0.248 e. The highest BCUT2D eigenvalue weighted by Gasteiger charge is 2.31. The van der Waals surface area contributed by atoms with Crippen LogP contribution in [0.5, 0.6) is 0 Å². The quantitative estimate of drug-likeness (QED) is 0.857. The Kier molecular flexibility index (Phi) is 5.85. The molecule has 0 unspecified atom stereocenters. The molecule has 1 N–H and O–H groups in total. The lowest BCUT2D eigenvalue weighted by molar-refractivity contribution is -0.117. The normalized spacial score (nSPS) is 12.5. The molecule has 6 heteroatoms. The molecule has 0 bridgehead atoms. The molecule has 134 valence electrons. The Morgan fingerprint density at radius 1 is 1.08 bits per heavy atom. The van der Waals surface area contributed by atoms with Crippen molar-refractivity contribution in [1.29, 1.82) is 0 Å². The molecule has 0 aliphatic heterocycles. The molecule has 2 aromatic carbocycles. The van der Waals surface area contributed by atoms with Gasteiger partial charge in [-0.1, -0.05) is 37.3 Å². The highest BCUT2D eigenvalue weighted by atomic mass is 32.2. The van der Waals surface area contributed by atoms with Crippen molar-refractivity contribution in [3.63, 3.8) is 0 Å². The van der Waals surface area contributed by atoms with Crippen LogP contribution in [0.4, 0.5) is 11.4 Å². The summed E-state index contributed by atoms with van der Waals surface area (Å²) in [5.41, 5.74) is 3.21. The van der Waals surface area contributed by atoms with E-state index in [9.17, 15) is 13.2 Å². The fourth-order valence-corrected chi connectivity index (χ4v) is 3.95. The second-order valence-electron chi connectivity index (χ2n) is 6.06. The number of hydrogen-bond acceptors (Lipinski definition) is 3.